The second-order valence-corrected chi connectivity index (χ2v) is 2.62. The summed E-state index contributed by atoms with van der Waals surface area (Å²) in [5.41, 5.74) is 0. The van der Waals surface area contributed by atoms with Crippen LogP contribution >= 0.6 is 0 Å². The van der Waals surface area contributed by atoms with E-state index in [-0.39, 0.29) is 25.2 Å². The standard InChI is InChI=1S/C7H12N2O4/c1-8-3-6(10)12-4-5-2-9-7(11)13-5/h5,8H,2-4H2,1H3,(H,9,11)/t5-/m0/s1. The maximum absolute atomic E-state index is 10.8. The molecule has 0 unspecified atom stereocenters. The lowest BCUT2D eigenvalue weighted by atomic mass is 10.4. The quantitative estimate of drug-likeness (QED) is 0.545. The Morgan fingerprint density at radius 3 is 3.15 bits per heavy atom. The molecule has 2 N–H and O–H groups in total. The second kappa shape index (κ2) is 4.66. The Hall–Kier alpha value is -1.30. The molecule has 0 aromatic rings. The number of cyclic esters (lactones) is 1. The minimum atomic E-state index is -0.463. The molecule has 6 nitrogen and oxygen atoms in total. The lowest BCUT2D eigenvalue weighted by Gasteiger charge is -2.08. The number of hydrogen-bond donors (Lipinski definition) is 2. The van der Waals surface area contributed by atoms with Gasteiger partial charge in [-0.05, 0) is 7.05 Å². The molecule has 1 amide bonds. The average Bonchev–Trinajstić information content (AvgIpc) is 2.49. The lowest BCUT2D eigenvalue weighted by Crippen LogP contribution is -2.27. The van der Waals surface area contributed by atoms with E-state index in [0.717, 1.165) is 0 Å². The number of likely N-dealkylation sites (N-methyl/N-ethyl adjacent to an activating group) is 1. The Bertz CT molecular complexity index is 207. The minimum absolute atomic E-state index is 0.110. The van der Waals surface area contributed by atoms with E-state index in [2.05, 4.69) is 10.6 Å². The largest absolute Gasteiger partial charge is 0.461 e. The molecule has 0 saturated carbocycles. The smallest absolute Gasteiger partial charge is 0.407 e. The van der Waals surface area contributed by atoms with Gasteiger partial charge in [-0.15, -0.1) is 0 Å². The van der Waals surface area contributed by atoms with Crippen molar-refractivity contribution in [1.29, 1.82) is 0 Å². The number of alkyl carbamates (subject to hydrolysis) is 1. The number of nitrogens with one attached hydrogen (secondary N) is 2. The Balaban J connectivity index is 2.12. The van der Waals surface area contributed by atoms with Crippen LogP contribution in [0.15, 0.2) is 0 Å². The predicted molar refractivity (Wildman–Crippen MR) is 43.2 cm³/mol. The van der Waals surface area contributed by atoms with E-state index in [4.69, 9.17) is 9.47 Å². The van der Waals surface area contributed by atoms with Crippen molar-refractivity contribution in [2.24, 2.45) is 0 Å². The molecule has 13 heavy (non-hydrogen) atoms. The summed E-state index contributed by atoms with van der Waals surface area (Å²) in [6.07, 6.45) is -0.817. The van der Waals surface area contributed by atoms with E-state index in [1.165, 1.54) is 0 Å². The van der Waals surface area contributed by atoms with Gasteiger partial charge in [0.15, 0.2) is 6.10 Å². The molecule has 1 rings (SSSR count). The summed E-state index contributed by atoms with van der Waals surface area (Å²) in [6, 6.07) is 0. The summed E-state index contributed by atoms with van der Waals surface area (Å²) in [6.45, 7) is 0.666. The molecule has 0 aromatic heterocycles. The molecule has 1 saturated heterocycles. The number of esters is 1. The van der Waals surface area contributed by atoms with Crippen LogP contribution in [0.4, 0.5) is 4.79 Å². The highest BCUT2D eigenvalue weighted by Crippen LogP contribution is 1.99. The van der Waals surface area contributed by atoms with Crippen LogP contribution in [0.3, 0.4) is 0 Å². The summed E-state index contributed by atoms with van der Waals surface area (Å²) in [4.78, 5) is 21.4. The Kier molecular flexibility index (Phi) is 3.51. The number of ether oxygens (including phenoxy) is 2. The molecular weight excluding hydrogens is 176 g/mol. The molecule has 1 aliphatic heterocycles. The average molecular weight is 188 g/mol. The molecule has 1 atom stereocenters. The maximum Gasteiger partial charge on any atom is 0.407 e. The molecule has 1 heterocycles. The van der Waals surface area contributed by atoms with Crippen LogP contribution in [-0.2, 0) is 14.3 Å². The van der Waals surface area contributed by atoms with Crippen LogP contribution in [0.5, 0.6) is 0 Å². The number of carbonyl (C=O) groups is 2. The Morgan fingerprint density at radius 1 is 1.85 bits per heavy atom. The van der Waals surface area contributed by atoms with E-state index in [0.29, 0.717) is 6.54 Å². The van der Waals surface area contributed by atoms with Crippen molar-refractivity contribution in [3.63, 3.8) is 0 Å². The SMILES string of the molecule is CNCC(=O)OC[C@@H]1CNC(=O)O1. The number of hydrogen-bond acceptors (Lipinski definition) is 5. The monoisotopic (exact) mass is 188 g/mol. The van der Waals surface area contributed by atoms with Gasteiger partial charge in [-0.25, -0.2) is 4.79 Å². The van der Waals surface area contributed by atoms with Gasteiger partial charge >= 0.3 is 12.1 Å². The topological polar surface area (TPSA) is 76.7 Å². The molecule has 0 bridgehead atoms. The first-order chi connectivity index (χ1) is 6.22. The number of rotatable bonds is 4. The highest BCUT2D eigenvalue weighted by molar-refractivity contribution is 5.72. The summed E-state index contributed by atoms with van der Waals surface area (Å²) in [5, 5.41) is 5.11. The van der Waals surface area contributed by atoms with Crippen molar-refractivity contribution in [2.75, 3.05) is 26.7 Å². The number of amides is 1. The molecule has 0 aliphatic carbocycles. The fourth-order valence-corrected chi connectivity index (χ4v) is 0.906. The Labute approximate surface area is 75.6 Å². The fourth-order valence-electron chi connectivity index (χ4n) is 0.906. The van der Waals surface area contributed by atoms with Gasteiger partial charge in [0.25, 0.3) is 0 Å². The lowest BCUT2D eigenvalue weighted by molar-refractivity contribution is -0.144. The molecule has 6 heteroatoms. The van der Waals surface area contributed by atoms with Gasteiger partial charge in [0.1, 0.15) is 6.61 Å². The van der Waals surface area contributed by atoms with Gasteiger partial charge in [-0.1, -0.05) is 0 Å². The van der Waals surface area contributed by atoms with Crippen LogP contribution in [-0.4, -0.2) is 44.9 Å². The molecule has 1 aliphatic rings. The van der Waals surface area contributed by atoms with E-state index in [1.807, 2.05) is 0 Å². The minimum Gasteiger partial charge on any atom is -0.461 e. The molecular formula is C7H12N2O4. The molecule has 1 fully saturated rings. The molecule has 74 valence electrons. The van der Waals surface area contributed by atoms with Crippen molar-refractivity contribution >= 4 is 12.1 Å². The van der Waals surface area contributed by atoms with Crippen molar-refractivity contribution in [3.8, 4) is 0 Å². The third kappa shape index (κ3) is 3.29. The summed E-state index contributed by atoms with van der Waals surface area (Å²) < 4.78 is 9.54. The second-order valence-electron chi connectivity index (χ2n) is 2.62. The summed E-state index contributed by atoms with van der Waals surface area (Å²) in [7, 11) is 1.65. The van der Waals surface area contributed by atoms with Gasteiger partial charge in [-0.2, -0.15) is 0 Å². The molecule has 0 spiro atoms. The third-order valence-electron chi connectivity index (χ3n) is 1.50. The van der Waals surface area contributed by atoms with E-state index < -0.39 is 6.09 Å². The fraction of sp³-hybridized carbons (Fsp3) is 0.714. The zero-order chi connectivity index (χ0) is 9.68. The van der Waals surface area contributed by atoms with Crippen molar-refractivity contribution in [3.05, 3.63) is 0 Å². The number of carbonyl (C=O) groups excluding carboxylic acids is 2. The molecule has 0 aromatic carbocycles. The van der Waals surface area contributed by atoms with Crippen LogP contribution in [0.25, 0.3) is 0 Å². The highest BCUT2D eigenvalue weighted by Gasteiger charge is 2.23. The van der Waals surface area contributed by atoms with Crippen LogP contribution in [0.1, 0.15) is 0 Å². The van der Waals surface area contributed by atoms with E-state index in [9.17, 15) is 9.59 Å². The highest BCUT2D eigenvalue weighted by atomic mass is 16.6. The summed E-state index contributed by atoms with van der Waals surface area (Å²) >= 11 is 0. The van der Waals surface area contributed by atoms with Gasteiger partial charge in [0.05, 0.1) is 13.1 Å². The summed E-state index contributed by atoms with van der Waals surface area (Å²) in [5.74, 6) is -0.356. The van der Waals surface area contributed by atoms with E-state index in [1.54, 1.807) is 7.05 Å². The first kappa shape index (κ1) is 9.79. The zero-order valence-corrected chi connectivity index (χ0v) is 7.33. The first-order valence-corrected chi connectivity index (χ1v) is 3.97. The Morgan fingerprint density at radius 2 is 2.62 bits per heavy atom. The van der Waals surface area contributed by atoms with Crippen LogP contribution < -0.4 is 10.6 Å². The zero-order valence-electron chi connectivity index (χ0n) is 7.33. The maximum atomic E-state index is 10.8. The van der Waals surface area contributed by atoms with Gasteiger partial charge in [0, 0.05) is 0 Å². The first-order valence-electron chi connectivity index (χ1n) is 3.97. The van der Waals surface area contributed by atoms with Crippen molar-refractivity contribution in [2.45, 2.75) is 6.10 Å². The van der Waals surface area contributed by atoms with Crippen molar-refractivity contribution in [1.82, 2.24) is 10.6 Å². The van der Waals surface area contributed by atoms with E-state index >= 15 is 0 Å². The van der Waals surface area contributed by atoms with Gasteiger partial charge in [0.2, 0.25) is 0 Å². The van der Waals surface area contributed by atoms with Gasteiger partial charge in [-0.3, -0.25) is 4.79 Å². The third-order valence-corrected chi connectivity index (χ3v) is 1.50. The van der Waals surface area contributed by atoms with Crippen molar-refractivity contribution < 1.29 is 19.1 Å². The predicted octanol–water partition coefficient (Wildman–Crippen LogP) is -1.14. The molecule has 0 radical (unpaired) electrons. The van der Waals surface area contributed by atoms with Crippen LogP contribution in [0.2, 0.25) is 0 Å². The van der Waals surface area contributed by atoms with Crippen LogP contribution in [0, 0.1) is 0 Å². The van der Waals surface area contributed by atoms with Gasteiger partial charge < -0.3 is 20.1 Å². The normalized spacial score (nSPS) is 20.7.